The van der Waals surface area contributed by atoms with E-state index in [-0.39, 0.29) is 5.69 Å². The Morgan fingerprint density at radius 1 is 1.07 bits per heavy atom. The van der Waals surface area contributed by atoms with Gasteiger partial charge in [-0.2, -0.15) is 0 Å². The molecule has 0 radical (unpaired) electrons. The molecule has 0 bridgehead atoms. The minimum absolute atomic E-state index is 0.135. The first kappa shape index (κ1) is 19.9. The molecule has 1 heterocycles. The van der Waals surface area contributed by atoms with E-state index in [4.69, 9.17) is 4.74 Å². The fourth-order valence-corrected chi connectivity index (χ4v) is 3.88. The number of nitrogens with zero attached hydrogens (tertiary/aromatic N) is 2. The van der Waals surface area contributed by atoms with Gasteiger partial charge in [0.05, 0.1) is 18.5 Å². The monoisotopic (exact) mass is 403 g/mol. The van der Waals surface area contributed by atoms with Gasteiger partial charge in [0.2, 0.25) is 0 Å². The second-order valence-electron chi connectivity index (χ2n) is 6.35. The van der Waals surface area contributed by atoms with Crippen molar-refractivity contribution >= 4 is 13.3 Å². The van der Waals surface area contributed by atoms with E-state index in [9.17, 15) is 19.1 Å². The molecule has 2 aromatic carbocycles. The Bertz CT molecular complexity index is 1070. The Morgan fingerprint density at radius 3 is 2.21 bits per heavy atom. The van der Waals surface area contributed by atoms with Gasteiger partial charge in [-0.05, 0) is 36.8 Å². The van der Waals surface area contributed by atoms with Gasteiger partial charge in [-0.1, -0.05) is 30.3 Å². The van der Waals surface area contributed by atoms with Crippen molar-refractivity contribution in [2.75, 3.05) is 12.4 Å². The zero-order chi connectivity index (χ0) is 20.5. The van der Waals surface area contributed by atoms with Gasteiger partial charge in [0, 0.05) is 7.05 Å². The van der Waals surface area contributed by atoms with Crippen molar-refractivity contribution in [3.63, 3.8) is 0 Å². The van der Waals surface area contributed by atoms with Gasteiger partial charge < -0.3 is 19.8 Å². The molecule has 0 fully saturated rings. The minimum atomic E-state index is -4.61. The van der Waals surface area contributed by atoms with Crippen LogP contribution in [0.2, 0.25) is 0 Å². The maximum absolute atomic E-state index is 13.0. The van der Waals surface area contributed by atoms with Crippen LogP contribution in [-0.2, 0) is 11.6 Å². The molecule has 0 aliphatic rings. The van der Waals surface area contributed by atoms with E-state index in [1.807, 2.05) is 18.2 Å². The highest BCUT2D eigenvalue weighted by Crippen LogP contribution is 2.51. The molecule has 1 atom stereocenters. The highest BCUT2D eigenvalue weighted by molar-refractivity contribution is 7.52. The molecule has 3 rings (SSSR count). The van der Waals surface area contributed by atoms with Gasteiger partial charge in [-0.15, -0.1) is 0 Å². The first-order valence-corrected chi connectivity index (χ1v) is 10.2. The average Bonchev–Trinajstić information content (AvgIpc) is 2.88. The minimum Gasteiger partial charge on any atom is -0.497 e. The molecular formula is C19H22N3O5P. The molecule has 8 nitrogen and oxygen atoms in total. The van der Waals surface area contributed by atoms with E-state index in [0.717, 1.165) is 0 Å². The van der Waals surface area contributed by atoms with Crippen LogP contribution in [0.4, 0.5) is 5.69 Å². The number of aromatic nitrogens is 2. The lowest BCUT2D eigenvalue weighted by molar-refractivity contribution is 0.363. The van der Waals surface area contributed by atoms with E-state index < -0.39 is 18.9 Å². The fraction of sp³-hybridized carbons (Fsp3) is 0.211. The predicted octanol–water partition coefficient (Wildman–Crippen LogP) is 2.78. The van der Waals surface area contributed by atoms with Crippen LogP contribution in [0.5, 0.6) is 5.75 Å². The van der Waals surface area contributed by atoms with E-state index in [2.05, 4.69) is 5.32 Å². The van der Waals surface area contributed by atoms with Crippen LogP contribution in [0.3, 0.4) is 0 Å². The standard InChI is InChI=1S/C19H22N3O5P/c1-13-17(19(23)22(21(13)2)15-7-5-4-6-8-15)20-18(28(24,25)26)14-9-11-16(27-3)12-10-14/h4-12,18,20H,1-3H3,(H2,24,25,26). The van der Waals surface area contributed by atoms with Crippen molar-refractivity contribution < 1.29 is 19.1 Å². The average molecular weight is 403 g/mol. The summed E-state index contributed by atoms with van der Waals surface area (Å²) in [6.07, 6.45) is 0. The van der Waals surface area contributed by atoms with E-state index in [1.54, 1.807) is 55.1 Å². The summed E-state index contributed by atoms with van der Waals surface area (Å²) >= 11 is 0. The van der Waals surface area contributed by atoms with Crippen molar-refractivity contribution in [1.29, 1.82) is 0 Å². The largest absolute Gasteiger partial charge is 0.497 e. The third kappa shape index (κ3) is 3.75. The summed E-state index contributed by atoms with van der Waals surface area (Å²) in [5.74, 6) is -0.799. The molecule has 3 N–H and O–H groups in total. The van der Waals surface area contributed by atoms with Gasteiger partial charge in [0.1, 0.15) is 11.4 Å². The van der Waals surface area contributed by atoms with E-state index >= 15 is 0 Å². The molecule has 0 saturated carbocycles. The number of hydrogen-bond donors (Lipinski definition) is 3. The number of hydrogen-bond acceptors (Lipinski definition) is 4. The number of anilines is 1. The molecule has 9 heteroatoms. The number of nitrogens with one attached hydrogen (secondary N) is 1. The Morgan fingerprint density at radius 2 is 1.68 bits per heavy atom. The van der Waals surface area contributed by atoms with Gasteiger partial charge in [-0.3, -0.25) is 14.0 Å². The van der Waals surface area contributed by atoms with Gasteiger partial charge in [0.25, 0.3) is 5.56 Å². The summed E-state index contributed by atoms with van der Waals surface area (Å²) in [7, 11) is -1.39. The summed E-state index contributed by atoms with van der Waals surface area (Å²) < 4.78 is 20.3. The summed E-state index contributed by atoms with van der Waals surface area (Å²) in [4.78, 5) is 32.8. The highest BCUT2D eigenvalue weighted by Gasteiger charge is 2.32. The van der Waals surface area contributed by atoms with E-state index in [0.29, 0.717) is 22.7 Å². The number of rotatable bonds is 6. The predicted molar refractivity (Wildman–Crippen MR) is 107 cm³/mol. The van der Waals surface area contributed by atoms with Crippen molar-refractivity contribution in [3.05, 3.63) is 76.2 Å². The molecular weight excluding hydrogens is 381 g/mol. The van der Waals surface area contributed by atoms with Crippen molar-refractivity contribution in [1.82, 2.24) is 9.36 Å². The molecule has 0 aliphatic heterocycles. The van der Waals surface area contributed by atoms with Crippen LogP contribution < -0.4 is 15.6 Å². The smallest absolute Gasteiger partial charge is 0.352 e. The first-order valence-electron chi connectivity index (χ1n) is 8.53. The molecule has 0 amide bonds. The van der Waals surface area contributed by atoms with Crippen LogP contribution in [0.1, 0.15) is 17.0 Å². The Labute approximate surface area is 162 Å². The number of para-hydroxylation sites is 1. The molecule has 1 aromatic heterocycles. The second-order valence-corrected chi connectivity index (χ2v) is 8.04. The van der Waals surface area contributed by atoms with Crippen LogP contribution in [0, 0.1) is 6.92 Å². The Balaban J connectivity index is 2.07. The van der Waals surface area contributed by atoms with Gasteiger partial charge in [0.15, 0.2) is 5.78 Å². The third-order valence-electron chi connectivity index (χ3n) is 4.60. The molecule has 148 valence electrons. The maximum Gasteiger partial charge on any atom is 0.352 e. The van der Waals surface area contributed by atoms with Crippen molar-refractivity contribution in [3.8, 4) is 11.4 Å². The second kappa shape index (κ2) is 7.67. The molecule has 28 heavy (non-hydrogen) atoms. The lowest BCUT2D eigenvalue weighted by atomic mass is 10.2. The lowest BCUT2D eigenvalue weighted by Crippen LogP contribution is -2.22. The van der Waals surface area contributed by atoms with Crippen molar-refractivity contribution in [2.45, 2.75) is 12.7 Å². The lowest BCUT2D eigenvalue weighted by Gasteiger charge is -2.21. The SMILES string of the molecule is COc1ccc(C(Nc2c(C)n(C)n(-c3ccccc3)c2=O)P(=O)(O)O)cc1. The van der Waals surface area contributed by atoms with Crippen LogP contribution >= 0.6 is 7.60 Å². The highest BCUT2D eigenvalue weighted by atomic mass is 31.2. The third-order valence-corrected chi connectivity index (χ3v) is 5.70. The van der Waals surface area contributed by atoms with Crippen LogP contribution in [-0.4, -0.2) is 26.3 Å². The summed E-state index contributed by atoms with van der Waals surface area (Å²) in [6.45, 7) is 1.72. The van der Waals surface area contributed by atoms with E-state index in [1.165, 1.54) is 11.8 Å². The summed E-state index contributed by atoms with van der Waals surface area (Å²) in [5.41, 5.74) is 1.31. The van der Waals surface area contributed by atoms with Gasteiger partial charge >= 0.3 is 7.60 Å². The molecule has 0 aliphatic carbocycles. The molecule has 1 unspecified atom stereocenters. The zero-order valence-corrected chi connectivity index (χ0v) is 16.6. The molecule has 0 saturated heterocycles. The Hall–Kier alpha value is -2.80. The topological polar surface area (TPSA) is 106 Å². The maximum atomic E-state index is 13.0. The number of ether oxygens (including phenoxy) is 1. The molecule has 3 aromatic rings. The van der Waals surface area contributed by atoms with Crippen molar-refractivity contribution in [2.24, 2.45) is 7.05 Å². The Kier molecular flexibility index (Phi) is 5.47. The first-order chi connectivity index (χ1) is 13.2. The fourth-order valence-electron chi connectivity index (χ4n) is 3.02. The number of methoxy groups -OCH3 is 1. The molecule has 0 spiro atoms. The van der Waals surface area contributed by atoms with Gasteiger partial charge in [-0.25, -0.2) is 4.68 Å². The van der Waals surface area contributed by atoms with Crippen LogP contribution in [0.15, 0.2) is 59.4 Å². The zero-order valence-electron chi connectivity index (χ0n) is 15.7. The number of benzene rings is 2. The van der Waals surface area contributed by atoms with Crippen LogP contribution in [0.25, 0.3) is 5.69 Å². The quantitative estimate of drug-likeness (QED) is 0.547. The summed E-state index contributed by atoms with van der Waals surface area (Å²) in [5, 5.41) is 2.78. The summed E-state index contributed by atoms with van der Waals surface area (Å²) in [6, 6.07) is 15.4. The normalized spacial score (nSPS) is 12.6.